The number of fused-ring (bicyclic) bond motifs is 1. The van der Waals surface area contributed by atoms with Gasteiger partial charge in [0.1, 0.15) is 11.7 Å². The molecular formula is C28H44N2O5. The number of piperidine rings is 1. The quantitative estimate of drug-likeness (QED) is 0.484. The van der Waals surface area contributed by atoms with E-state index in [-0.39, 0.29) is 47.7 Å². The lowest BCUT2D eigenvalue weighted by atomic mass is 9.78. The monoisotopic (exact) mass is 488 g/mol. The normalized spacial score (nSPS) is 35.3. The van der Waals surface area contributed by atoms with E-state index in [0.29, 0.717) is 12.3 Å². The van der Waals surface area contributed by atoms with E-state index in [1.807, 2.05) is 32.6 Å². The van der Waals surface area contributed by atoms with E-state index < -0.39 is 17.6 Å². The Bertz CT molecular complexity index is 829. The van der Waals surface area contributed by atoms with E-state index >= 15 is 0 Å². The molecule has 2 aliphatic heterocycles. The fraction of sp³-hybridized carbons (Fsp3) is 0.893. The molecule has 2 saturated heterocycles. The molecule has 6 atom stereocenters. The van der Waals surface area contributed by atoms with Crippen molar-refractivity contribution in [1.29, 1.82) is 0 Å². The molecule has 7 heteroatoms. The molecule has 2 bridgehead atoms. The van der Waals surface area contributed by atoms with E-state index in [4.69, 9.17) is 9.47 Å². The molecule has 5 fully saturated rings. The summed E-state index contributed by atoms with van der Waals surface area (Å²) >= 11 is 0. The van der Waals surface area contributed by atoms with Gasteiger partial charge in [-0.15, -0.1) is 0 Å². The summed E-state index contributed by atoms with van der Waals surface area (Å²) in [5.74, 6) is -0.943. The summed E-state index contributed by atoms with van der Waals surface area (Å²) in [6.07, 6.45) is 8.90. The van der Waals surface area contributed by atoms with Crippen molar-refractivity contribution in [1.82, 2.24) is 9.80 Å². The number of carbonyl (C=O) groups excluding carboxylic acids is 3. The minimum atomic E-state index is -0.533. The highest BCUT2D eigenvalue weighted by atomic mass is 16.6. The third-order valence-electron chi connectivity index (χ3n) is 9.79. The summed E-state index contributed by atoms with van der Waals surface area (Å²) in [4.78, 5) is 44.4. The van der Waals surface area contributed by atoms with Crippen LogP contribution in [0, 0.1) is 29.6 Å². The number of rotatable bonds is 8. The van der Waals surface area contributed by atoms with Crippen LogP contribution in [0.4, 0.5) is 0 Å². The number of likely N-dealkylation sites (tertiary alicyclic amines) is 2. The van der Waals surface area contributed by atoms with Crippen LogP contribution in [0.15, 0.2) is 0 Å². The van der Waals surface area contributed by atoms with Crippen molar-refractivity contribution in [2.45, 2.75) is 109 Å². The molecule has 1 amide bonds. The van der Waals surface area contributed by atoms with E-state index in [9.17, 15) is 14.4 Å². The molecule has 196 valence electrons. The van der Waals surface area contributed by atoms with E-state index in [1.165, 1.54) is 32.1 Å². The van der Waals surface area contributed by atoms with Gasteiger partial charge in [0.25, 0.3) is 0 Å². The molecule has 0 aromatic carbocycles. The van der Waals surface area contributed by atoms with Gasteiger partial charge in [0.2, 0.25) is 5.91 Å². The second-order valence-electron chi connectivity index (χ2n) is 12.6. The van der Waals surface area contributed by atoms with Gasteiger partial charge >= 0.3 is 11.9 Å². The van der Waals surface area contributed by atoms with Crippen molar-refractivity contribution < 1.29 is 23.9 Å². The number of esters is 2. The Hall–Kier alpha value is -1.63. The van der Waals surface area contributed by atoms with Gasteiger partial charge in [0, 0.05) is 18.5 Å². The maximum atomic E-state index is 13.6. The topological polar surface area (TPSA) is 76.2 Å². The Balaban J connectivity index is 1.31. The molecule has 2 heterocycles. The first-order valence-electron chi connectivity index (χ1n) is 14.2. The summed E-state index contributed by atoms with van der Waals surface area (Å²) < 4.78 is 12.3. The van der Waals surface area contributed by atoms with Crippen LogP contribution in [0.1, 0.15) is 85.5 Å². The van der Waals surface area contributed by atoms with Crippen LogP contribution in [0.25, 0.3) is 0 Å². The van der Waals surface area contributed by atoms with Crippen LogP contribution in [0.3, 0.4) is 0 Å². The number of nitrogens with zero attached hydrogens (tertiary/aromatic N) is 2. The van der Waals surface area contributed by atoms with Crippen molar-refractivity contribution in [3.05, 3.63) is 0 Å². The SMILES string of the molecule is CC(C)N1C(=O)C2C3CC(C(OC(=O)CCN4CCCCC4)C31)C2C(=O)OC(C)(C)C1CCCC1. The molecule has 6 unspecified atom stereocenters. The predicted octanol–water partition coefficient (Wildman–Crippen LogP) is 3.79. The molecule has 3 aliphatic carbocycles. The zero-order valence-corrected chi connectivity index (χ0v) is 22.0. The highest BCUT2D eigenvalue weighted by Crippen LogP contribution is 2.60. The van der Waals surface area contributed by atoms with Gasteiger partial charge < -0.3 is 19.3 Å². The first-order chi connectivity index (χ1) is 16.7. The van der Waals surface area contributed by atoms with Crippen molar-refractivity contribution in [3.8, 4) is 0 Å². The van der Waals surface area contributed by atoms with Gasteiger partial charge in [-0.1, -0.05) is 19.3 Å². The molecule has 3 saturated carbocycles. The summed E-state index contributed by atoms with van der Waals surface area (Å²) in [7, 11) is 0. The van der Waals surface area contributed by atoms with Gasteiger partial charge in [-0.3, -0.25) is 14.4 Å². The van der Waals surface area contributed by atoms with Gasteiger partial charge in [0.15, 0.2) is 0 Å². The van der Waals surface area contributed by atoms with Crippen LogP contribution in [-0.2, 0) is 23.9 Å². The zero-order chi connectivity index (χ0) is 24.9. The Morgan fingerprint density at radius 2 is 1.71 bits per heavy atom. The van der Waals surface area contributed by atoms with E-state index in [1.54, 1.807) is 0 Å². The molecule has 35 heavy (non-hydrogen) atoms. The van der Waals surface area contributed by atoms with Crippen LogP contribution in [0.5, 0.6) is 0 Å². The molecule has 0 N–H and O–H groups in total. The number of amides is 1. The lowest BCUT2D eigenvalue weighted by molar-refractivity contribution is -0.176. The van der Waals surface area contributed by atoms with Crippen molar-refractivity contribution in [2.75, 3.05) is 19.6 Å². The Kier molecular flexibility index (Phi) is 6.92. The van der Waals surface area contributed by atoms with Crippen molar-refractivity contribution in [3.63, 3.8) is 0 Å². The first-order valence-corrected chi connectivity index (χ1v) is 14.2. The summed E-state index contributed by atoms with van der Waals surface area (Å²) in [5.41, 5.74) is -0.533. The number of carbonyl (C=O) groups is 3. The second kappa shape index (κ2) is 9.68. The molecule has 0 radical (unpaired) electrons. The fourth-order valence-corrected chi connectivity index (χ4v) is 8.10. The highest BCUT2D eigenvalue weighted by Gasteiger charge is 2.71. The van der Waals surface area contributed by atoms with Gasteiger partial charge in [-0.05, 0) is 84.7 Å². The summed E-state index contributed by atoms with van der Waals surface area (Å²) in [6, 6.07) is -0.0960. The summed E-state index contributed by atoms with van der Waals surface area (Å²) in [5, 5.41) is 0. The average molecular weight is 489 g/mol. The Morgan fingerprint density at radius 1 is 1.03 bits per heavy atom. The maximum Gasteiger partial charge on any atom is 0.310 e. The maximum absolute atomic E-state index is 13.6. The zero-order valence-electron chi connectivity index (χ0n) is 22.0. The fourth-order valence-electron chi connectivity index (χ4n) is 8.10. The van der Waals surface area contributed by atoms with Crippen LogP contribution in [-0.4, -0.2) is 71.1 Å². The van der Waals surface area contributed by atoms with Crippen molar-refractivity contribution in [2.24, 2.45) is 29.6 Å². The van der Waals surface area contributed by atoms with Gasteiger partial charge in [-0.25, -0.2) is 0 Å². The van der Waals surface area contributed by atoms with Crippen LogP contribution >= 0.6 is 0 Å². The molecule has 0 spiro atoms. The number of hydrogen-bond donors (Lipinski definition) is 0. The number of hydrogen-bond acceptors (Lipinski definition) is 6. The third kappa shape index (κ3) is 4.51. The smallest absolute Gasteiger partial charge is 0.310 e. The lowest BCUT2D eigenvalue weighted by Gasteiger charge is -2.37. The van der Waals surface area contributed by atoms with Crippen molar-refractivity contribution >= 4 is 17.8 Å². The Labute approximate surface area is 210 Å². The second-order valence-corrected chi connectivity index (χ2v) is 12.6. The minimum absolute atomic E-state index is 0.0120. The largest absolute Gasteiger partial charge is 0.460 e. The number of ether oxygens (including phenoxy) is 2. The molecule has 0 aromatic heterocycles. The first kappa shape index (κ1) is 25.0. The molecule has 7 nitrogen and oxygen atoms in total. The molecule has 5 aliphatic rings. The van der Waals surface area contributed by atoms with Gasteiger partial charge in [0.05, 0.1) is 24.3 Å². The van der Waals surface area contributed by atoms with E-state index in [0.717, 1.165) is 38.9 Å². The highest BCUT2D eigenvalue weighted by molar-refractivity contribution is 5.90. The van der Waals surface area contributed by atoms with E-state index in [2.05, 4.69) is 4.90 Å². The Morgan fingerprint density at radius 3 is 2.37 bits per heavy atom. The average Bonchev–Trinajstić information content (AvgIpc) is 3.57. The lowest BCUT2D eigenvalue weighted by Crippen LogP contribution is -2.49. The van der Waals surface area contributed by atoms with Gasteiger partial charge in [-0.2, -0.15) is 0 Å². The molecule has 0 aromatic rings. The standard InChI is InChI=1S/C28H44N2O5/c1-17(2)30-24-19-16-20(25(24)34-21(31)12-15-29-13-8-5-9-14-29)23(22(19)26(30)32)27(33)35-28(3,4)18-10-6-7-11-18/h17-20,22-25H,5-16H2,1-4H3. The minimum Gasteiger partial charge on any atom is -0.460 e. The summed E-state index contributed by atoms with van der Waals surface area (Å²) in [6.45, 7) is 10.9. The molecule has 5 rings (SSSR count). The van der Waals surface area contributed by atoms with Crippen LogP contribution < -0.4 is 0 Å². The van der Waals surface area contributed by atoms with Crippen LogP contribution in [0.2, 0.25) is 0 Å². The third-order valence-corrected chi connectivity index (χ3v) is 9.79. The molecular weight excluding hydrogens is 444 g/mol. The predicted molar refractivity (Wildman–Crippen MR) is 131 cm³/mol.